The Hall–Kier alpha value is -3.31. The highest BCUT2D eigenvalue weighted by Gasteiger charge is 2.23. The van der Waals surface area contributed by atoms with Gasteiger partial charge in [0.2, 0.25) is 10.0 Å². The van der Waals surface area contributed by atoms with Crippen LogP contribution in [-0.2, 0) is 22.9 Å². The summed E-state index contributed by atoms with van der Waals surface area (Å²) >= 11 is 0. The van der Waals surface area contributed by atoms with E-state index in [2.05, 4.69) is 26.9 Å². The SMILES string of the molecule is CN1CCN(CCCNS(=O)(=O)c2ccc(NC(Cc3ccccc3)Cc3ccccc3)c([N+](=O)[O-])c2)CC1. The quantitative estimate of drug-likeness (QED) is 0.189. The normalized spacial score (nSPS) is 14.9. The minimum absolute atomic E-state index is 0.109. The number of sulfonamides is 1. The van der Waals surface area contributed by atoms with Crippen molar-refractivity contribution in [2.24, 2.45) is 0 Å². The second-order valence-electron chi connectivity index (χ2n) is 10.1. The first-order chi connectivity index (χ1) is 18.8. The van der Waals surface area contributed by atoms with Crippen LogP contribution in [0.25, 0.3) is 0 Å². The minimum Gasteiger partial charge on any atom is -0.376 e. The molecule has 0 saturated carbocycles. The molecule has 2 N–H and O–H groups in total. The Morgan fingerprint density at radius 2 is 1.49 bits per heavy atom. The standard InChI is InChI=1S/C29H37N5O4S/c1-32-17-19-33(20-18-32)16-8-15-30-39(37,38)27-13-14-28(29(23-27)34(35)36)31-26(21-24-9-4-2-5-10-24)22-25-11-6-3-7-12-25/h2-7,9-14,23,26,30-31H,8,15-22H2,1H3. The van der Waals surface area contributed by atoms with Gasteiger partial charge in [-0.05, 0) is 56.1 Å². The summed E-state index contributed by atoms with van der Waals surface area (Å²) < 4.78 is 28.5. The Bertz CT molecular complexity index is 1270. The molecule has 3 aromatic rings. The lowest BCUT2D eigenvalue weighted by Gasteiger charge is -2.32. The van der Waals surface area contributed by atoms with Crippen molar-refractivity contribution in [3.8, 4) is 0 Å². The molecule has 3 aromatic carbocycles. The lowest BCUT2D eigenvalue weighted by molar-refractivity contribution is -0.384. The molecule has 10 heteroatoms. The molecule has 39 heavy (non-hydrogen) atoms. The lowest BCUT2D eigenvalue weighted by Crippen LogP contribution is -2.45. The molecule has 0 spiro atoms. The molecule has 0 atom stereocenters. The van der Waals surface area contributed by atoms with E-state index in [-0.39, 0.29) is 23.2 Å². The Labute approximate surface area is 231 Å². The number of nitro benzene ring substituents is 1. The van der Waals surface area contributed by atoms with Gasteiger partial charge in [-0.3, -0.25) is 10.1 Å². The number of piperazine rings is 1. The van der Waals surface area contributed by atoms with Crippen molar-refractivity contribution < 1.29 is 13.3 Å². The van der Waals surface area contributed by atoms with Crippen LogP contribution >= 0.6 is 0 Å². The molecule has 0 amide bonds. The molecule has 1 aliphatic heterocycles. The van der Waals surface area contributed by atoms with Gasteiger partial charge in [0, 0.05) is 44.8 Å². The highest BCUT2D eigenvalue weighted by molar-refractivity contribution is 7.89. The van der Waals surface area contributed by atoms with Crippen LogP contribution in [0.3, 0.4) is 0 Å². The van der Waals surface area contributed by atoms with Crippen molar-refractivity contribution >= 4 is 21.4 Å². The van der Waals surface area contributed by atoms with Crippen molar-refractivity contribution in [2.75, 3.05) is 51.6 Å². The van der Waals surface area contributed by atoms with Gasteiger partial charge in [-0.15, -0.1) is 0 Å². The molecule has 4 rings (SSSR count). The second-order valence-corrected chi connectivity index (χ2v) is 11.8. The van der Waals surface area contributed by atoms with Crippen LogP contribution in [0.4, 0.5) is 11.4 Å². The number of nitrogens with one attached hydrogen (secondary N) is 2. The van der Waals surface area contributed by atoms with Crippen LogP contribution in [0, 0.1) is 10.1 Å². The molecule has 1 heterocycles. The summed E-state index contributed by atoms with van der Waals surface area (Å²) in [4.78, 5) is 16.0. The zero-order valence-electron chi connectivity index (χ0n) is 22.3. The predicted octanol–water partition coefficient (Wildman–Crippen LogP) is 3.78. The topological polar surface area (TPSA) is 108 Å². The third-order valence-corrected chi connectivity index (χ3v) is 8.48. The number of hydrogen-bond acceptors (Lipinski definition) is 7. The van der Waals surface area contributed by atoms with Gasteiger partial charge in [0.25, 0.3) is 5.69 Å². The van der Waals surface area contributed by atoms with Gasteiger partial charge in [-0.2, -0.15) is 0 Å². The van der Waals surface area contributed by atoms with E-state index in [1.165, 1.54) is 12.1 Å². The fourth-order valence-corrected chi connectivity index (χ4v) is 5.90. The fourth-order valence-electron chi connectivity index (χ4n) is 4.81. The largest absolute Gasteiger partial charge is 0.376 e. The van der Waals surface area contributed by atoms with E-state index in [1.54, 1.807) is 0 Å². The maximum absolute atomic E-state index is 12.9. The number of rotatable bonds is 13. The number of likely N-dealkylation sites (N-methyl/N-ethyl adjacent to an activating group) is 1. The zero-order valence-corrected chi connectivity index (χ0v) is 23.1. The summed E-state index contributed by atoms with van der Waals surface area (Å²) in [5.74, 6) is 0. The highest BCUT2D eigenvalue weighted by atomic mass is 32.2. The first-order valence-corrected chi connectivity index (χ1v) is 14.8. The first kappa shape index (κ1) is 28.7. The third kappa shape index (κ3) is 8.59. The van der Waals surface area contributed by atoms with Crippen molar-refractivity contribution in [3.63, 3.8) is 0 Å². The summed E-state index contributed by atoms with van der Waals surface area (Å²) in [7, 11) is -1.78. The molecular weight excluding hydrogens is 514 g/mol. The summed E-state index contributed by atoms with van der Waals surface area (Å²) in [5.41, 5.74) is 2.24. The van der Waals surface area contributed by atoms with Crippen molar-refractivity contribution in [3.05, 3.63) is 100 Å². The smallest absolute Gasteiger partial charge is 0.293 e. The predicted molar refractivity (Wildman–Crippen MR) is 155 cm³/mol. The summed E-state index contributed by atoms with van der Waals surface area (Å²) in [6.45, 7) is 5.04. The van der Waals surface area contributed by atoms with Crippen LogP contribution in [0.1, 0.15) is 17.5 Å². The lowest BCUT2D eigenvalue weighted by atomic mass is 9.98. The van der Waals surface area contributed by atoms with Gasteiger partial charge < -0.3 is 15.1 Å². The van der Waals surface area contributed by atoms with Crippen molar-refractivity contribution in [1.82, 2.24) is 14.5 Å². The van der Waals surface area contributed by atoms with E-state index in [0.717, 1.165) is 49.9 Å². The minimum atomic E-state index is -3.88. The number of nitro groups is 1. The number of anilines is 1. The molecule has 0 bridgehead atoms. The molecule has 9 nitrogen and oxygen atoms in total. The molecule has 208 valence electrons. The van der Waals surface area contributed by atoms with E-state index >= 15 is 0 Å². The van der Waals surface area contributed by atoms with Crippen LogP contribution in [0.2, 0.25) is 0 Å². The van der Waals surface area contributed by atoms with E-state index < -0.39 is 14.9 Å². The number of nitrogens with zero attached hydrogens (tertiary/aromatic N) is 3. The summed E-state index contributed by atoms with van der Waals surface area (Å²) in [6, 6.07) is 23.8. The van der Waals surface area contributed by atoms with Gasteiger partial charge in [0.1, 0.15) is 5.69 Å². The first-order valence-electron chi connectivity index (χ1n) is 13.3. The maximum Gasteiger partial charge on any atom is 0.293 e. The molecule has 1 fully saturated rings. The average molecular weight is 552 g/mol. The molecule has 1 saturated heterocycles. The molecule has 1 aliphatic rings. The Balaban J connectivity index is 1.44. The van der Waals surface area contributed by atoms with E-state index in [0.29, 0.717) is 24.9 Å². The molecule has 0 unspecified atom stereocenters. The van der Waals surface area contributed by atoms with Crippen molar-refractivity contribution in [2.45, 2.75) is 30.2 Å². The maximum atomic E-state index is 12.9. The fraction of sp³-hybridized carbons (Fsp3) is 0.379. The highest BCUT2D eigenvalue weighted by Crippen LogP contribution is 2.29. The van der Waals surface area contributed by atoms with Gasteiger partial charge in [-0.1, -0.05) is 60.7 Å². The molecule has 0 radical (unpaired) electrons. The third-order valence-electron chi connectivity index (χ3n) is 7.02. The Morgan fingerprint density at radius 3 is 2.05 bits per heavy atom. The molecule has 0 aromatic heterocycles. The molecule has 0 aliphatic carbocycles. The van der Waals surface area contributed by atoms with E-state index in [1.807, 2.05) is 60.7 Å². The van der Waals surface area contributed by atoms with Gasteiger partial charge in [-0.25, -0.2) is 13.1 Å². The number of hydrogen-bond donors (Lipinski definition) is 2. The monoisotopic (exact) mass is 551 g/mol. The summed E-state index contributed by atoms with van der Waals surface area (Å²) in [5, 5.41) is 15.3. The van der Waals surface area contributed by atoms with E-state index in [9.17, 15) is 18.5 Å². The molecular formula is C29H37N5O4S. The Morgan fingerprint density at radius 1 is 0.897 bits per heavy atom. The zero-order chi connectivity index (χ0) is 27.7. The second kappa shape index (κ2) is 13.7. The van der Waals surface area contributed by atoms with E-state index in [4.69, 9.17) is 0 Å². The average Bonchev–Trinajstić information content (AvgIpc) is 2.93. The van der Waals surface area contributed by atoms with Crippen LogP contribution in [0.5, 0.6) is 0 Å². The Kier molecular flexibility index (Phi) is 10.0. The summed E-state index contributed by atoms with van der Waals surface area (Å²) in [6.07, 6.45) is 1.98. The van der Waals surface area contributed by atoms with Crippen LogP contribution < -0.4 is 10.0 Å². The van der Waals surface area contributed by atoms with Gasteiger partial charge >= 0.3 is 0 Å². The van der Waals surface area contributed by atoms with Crippen LogP contribution in [-0.4, -0.2) is 75.5 Å². The van der Waals surface area contributed by atoms with Gasteiger partial charge in [0.05, 0.1) is 9.82 Å². The van der Waals surface area contributed by atoms with Gasteiger partial charge in [0.15, 0.2) is 0 Å². The number of benzene rings is 3. The van der Waals surface area contributed by atoms with Crippen molar-refractivity contribution in [1.29, 1.82) is 0 Å². The van der Waals surface area contributed by atoms with Crippen LogP contribution in [0.15, 0.2) is 83.8 Å².